The van der Waals surface area contributed by atoms with Crippen molar-refractivity contribution in [2.24, 2.45) is 0 Å². The van der Waals surface area contributed by atoms with Gasteiger partial charge in [0.25, 0.3) is 0 Å². The van der Waals surface area contributed by atoms with Gasteiger partial charge in [0.05, 0.1) is 16.6 Å². The molecule has 1 N–H and O–H groups in total. The highest BCUT2D eigenvalue weighted by atomic mass is 19.4. The van der Waals surface area contributed by atoms with Crippen molar-refractivity contribution < 1.29 is 18.0 Å². The molecule has 0 spiro atoms. The lowest BCUT2D eigenvalue weighted by Gasteiger charge is -2.47. The van der Waals surface area contributed by atoms with Crippen molar-refractivity contribution in [1.29, 1.82) is 0 Å². The van der Waals surface area contributed by atoms with Crippen molar-refractivity contribution in [1.82, 2.24) is 9.88 Å². The summed E-state index contributed by atoms with van der Waals surface area (Å²) in [5.74, 6) is 0.0720. The fourth-order valence-electron chi connectivity index (χ4n) is 5.16. The zero-order valence-corrected chi connectivity index (χ0v) is 20.7. The van der Waals surface area contributed by atoms with Gasteiger partial charge in [-0.3, -0.25) is 9.78 Å². The Hall–Kier alpha value is -3.29. The number of rotatable bonds is 4. The normalized spacial score (nSPS) is 16.9. The fraction of sp³-hybridized carbons (Fsp3) is 0.407. The second-order valence-corrected chi connectivity index (χ2v) is 9.85. The largest absolute Gasteiger partial charge is 0.416 e. The maximum absolute atomic E-state index is 13.4. The highest BCUT2D eigenvalue weighted by Gasteiger charge is 2.35. The maximum Gasteiger partial charge on any atom is 0.416 e. The Balaban J connectivity index is 1.64. The lowest BCUT2D eigenvalue weighted by molar-refractivity contribution is -0.138. The molecule has 4 rings (SSSR count). The van der Waals surface area contributed by atoms with E-state index in [0.29, 0.717) is 18.7 Å². The van der Waals surface area contributed by atoms with Crippen molar-refractivity contribution >= 4 is 28.2 Å². The standard InChI is InChI=1S/C27H31F3N4O/c1-17-21(7-6-8-23(17)27(28,29)30)18(2)32-25-11-12-31-24-10-9-20(15-22(24)25)33-13-14-34(19(3)35)26(4,5)16-33/h6-12,15,18H,13-14,16H2,1-5H3,(H,31,32)/t18-/m1/s1. The average molecular weight is 485 g/mol. The van der Waals surface area contributed by atoms with Crippen LogP contribution in [0, 0.1) is 6.92 Å². The molecule has 0 bridgehead atoms. The molecular weight excluding hydrogens is 453 g/mol. The number of alkyl halides is 3. The topological polar surface area (TPSA) is 48.5 Å². The number of benzene rings is 2. The van der Waals surface area contributed by atoms with Crippen molar-refractivity contribution in [2.45, 2.75) is 52.4 Å². The zero-order chi connectivity index (χ0) is 25.5. The lowest BCUT2D eigenvalue weighted by atomic mass is 9.96. The molecule has 1 saturated heterocycles. The zero-order valence-electron chi connectivity index (χ0n) is 20.7. The lowest BCUT2D eigenvalue weighted by Crippen LogP contribution is -2.60. The number of carbonyl (C=O) groups excluding carboxylic acids is 1. The molecule has 8 heteroatoms. The summed E-state index contributed by atoms with van der Waals surface area (Å²) < 4.78 is 40.2. The van der Waals surface area contributed by atoms with Gasteiger partial charge in [-0.2, -0.15) is 13.2 Å². The van der Waals surface area contributed by atoms with E-state index in [4.69, 9.17) is 0 Å². The predicted molar refractivity (Wildman–Crippen MR) is 134 cm³/mol. The van der Waals surface area contributed by atoms with Crippen molar-refractivity contribution in [3.05, 3.63) is 65.4 Å². The van der Waals surface area contributed by atoms with Crippen LogP contribution >= 0.6 is 0 Å². The minimum atomic E-state index is -4.39. The van der Waals surface area contributed by atoms with Crippen LogP contribution in [0.3, 0.4) is 0 Å². The van der Waals surface area contributed by atoms with E-state index in [0.717, 1.165) is 34.9 Å². The molecule has 0 unspecified atom stereocenters. The predicted octanol–water partition coefficient (Wildman–Crippen LogP) is 6.18. The van der Waals surface area contributed by atoms with Crippen LogP contribution in [0.2, 0.25) is 0 Å². The summed E-state index contributed by atoms with van der Waals surface area (Å²) in [4.78, 5) is 20.7. The van der Waals surface area contributed by atoms with Gasteiger partial charge in [-0.15, -0.1) is 0 Å². The first kappa shape index (κ1) is 24.8. The number of nitrogens with zero attached hydrogens (tertiary/aromatic N) is 3. The summed E-state index contributed by atoms with van der Waals surface area (Å²) >= 11 is 0. The van der Waals surface area contributed by atoms with Crippen LogP contribution in [0.5, 0.6) is 0 Å². The van der Waals surface area contributed by atoms with Gasteiger partial charge in [0.15, 0.2) is 0 Å². The second kappa shape index (κ2) is 9.06. The minimum absolute atomic E-state index is 0.0720. The van der Waals surface area contributed by atoms with Crippen molar-refractivity contribution in [3.8, 4) is 0 Å². The third kappa shape index (κ3) is 4.92. The number of piperazine rings is 1. The monoisotopic (exact) mass is 484 g/mol. The number of hydrogen-bond acceptors (Lipinski definition) is 4. The molecule has 1 fully saturated rings. The number of aromatic nitrogens is 1. The molecule has 186 valence electrons. The Kier molecular flexibility index (Phi) is 6.42. The van der Waals surface area contributed by atoms with Gasteiger partial charge >= 0.3 is 6.18 Å². The van der Waals surface area contributed by atoms with Crippen LogP contribution in [0.4, 0.5) is 24.5 Å². The van der Waals surface area contributed by atoms with Crippen LogP contribution in [0.25, 0.3) is 10.9 Å². The summed E-state index contributed by atoms with van der Waals surface area (Å²) in [5.41, 5.74) is 2.54. The molecule has 35 heavy (non-hydrogen) atoms. The molecule has 1 amide bonds. The first-order valence-electron chi connectivity index (χ1n) is 11.7. The molecule has 1 aromatic heterocycles. The SMILES string of the molecule is CC(=O)N1CCN(c2ccc3nccc(N[C@H](C)c4cccc(C(F)(F)F)c4C)c3c2)CC1(C)C. The molecule has 0 radical (unpaired) electrons. The van der Waals surface area contributed by atoms with E-state index in [1.54, 1.807) is 19.2 Å². The molecule has 0 saturated carbocycles. The van der Waals surface area contributed by atoms with E-state index in [-0.39, 0.29) is 23.1 Å². The molecular formula is C27H31F3N4O. The summed E-state index contributed by atoms with van der Waals surface area (Å²) in [7, 11) is 0. The molecule has 5 nitrogen and oxygen atoms in total. The Morgan fingerprint density at radius 1 is 1.14 bits per heavy atom. The van der Waals surface area contributed by atoms with E-state index < -0.39 is 11.7 Å². The number of halogens is 3. The second-order valence-electron chi connectivity index (χ2n) is 9.85. The van der Waals surface area contributed by atoms with Crippen molar-refractivity contribution in [3.63, 3.8) is 0 Å². The van der Waals surface area contributed by atoms with Crippen molar-refractivity contribution in [2.75, 3.05) is 29.9 Å². The summed E-state index contributed by atoms with van der Waals surface area (Å²) in [6.45, 7) is 11.2. The molecule has 0 aliphatic carbocycles. The summed E-state index contributed by atoms with van der Waals surface area (Å²) in [6.07, 6.45) is -2.69. The summed E-state index contributed by atoms with van der Waals surface area (Å²) in [6, 6.07) is 11.9. The first-order valence-corrected chi connectivity index (χ1v) is 11.7. The van der Waals surface area contributed by atoms with E-state index >= 15 is 0 Å². The maximum atomic E-state index is 13.4. The number of pyridine rings is 1. The third-order valence-electron chi connectivity index (χ3n) is 6.89. The highest BCUT2D eigenvalue weighted by molar-refractivity contribution is 5.93. The number of carbonyl (C=O) groups is 1. The van der Waals surface area contributed by atoms with Gasteiger partial charge in [-0.05, 0) is 69.2 Å². The number of anilines is 2. The minimum Gasteiger partial charge on any atom is -0.378 e. The van der Waals surface area contributed by atoms with Crippen LogP contribution in [0.1, 0.15) is 50.4 Å². The molecule has 1 aliphatic rings. The van der Waals surface area contributed by atoms with Crippen LogP contribution < -0.4 is 10.2 Å². The number of fused-ring (bicyclic) bond motifs is 1. The fourth-order valence-corrected chi connectivity index (χ4v) is 5.16. The Labute approximate surface area is 203 Å². The number of hydrogen-bond donors (Lipinski definition) is 1. The van der Waals surface area contributed by atoms with Gasteiger partial charge in [-0.25, -0.2) is 0 Å². The molecule has 1 aliphatic heterocycles. The van der Waals surface area contributed by atoms with E-state index in [9.17, 15) is 18.0 Å². The van der Waals surface area contributed by atoms with Gasteiger partial charge in [0.1, 0.15) is 0 Å². The third-order valence-corrected chi connectivity index (χ3v) is 6.89. The molecule has 1 atom stereocenters. The van der Waals surface area contributed by atoms with Crippen LogP contribution in [-0.2, 0) is 11.0 Å². The van der Waals surface area contributed by atoms with Gasteiger partial charge in [0.2, 0.25) is 5.91 Å². The molecule has 2 aromatic carbocycles. The van der Waals surface area contributed by atoms with Gasteiger partial charge < -0.3 is 15.1 Å². The molecule has 2 heterocycles. The van der Waals surface area contributed by atoms with Gasteiger partial charge in [0, 0.05) is 55.6 Å². The first-order chi connectivity index (χ1) is 16.4. The van der Waals surface area contributed by atoms with E-state index in [1.165, 1.54) is 13.0 Å². The van der Waals surface area contributed by atoms with Crippen LogP contribution in [-0.4, -0.2) is 41.0 Å². The Bertz CT molecular complexity index is 1250. The number of nitrogens with one attached hydrogen (secondary N) is 1. The Morgan fingerprint density at radius 2 is 1.89 bits per heavy atom. The summed E-state index contributed by atoms with van der Waals surface area (Å²) in [5, 5.41) is 4.31. The highest BCUT2D eigenvalue weighted by Crippen LogP contribution is 2.36. The Morgan fingerprint density at radius 3 is 2.54 bits per heavy atom. The van der Waals surface area contributed by atoms with E-state index in [2.05, 4.69) is 35.1 Å². The number of amides is 1. The van der Waals surface area contributed by atoms with E-state index in [1.807, 2.05) is 30.0 Å². The molecule has 3 aromatic rings. The average Bonchev–Trinajstić information content (AvgIpc) is 2.77. The van der Waals surface area contributed by atoms with Crippen LogP contribution in [0.15, 0.2) is 48.7 Å². The quantitative estimate of drug-likeness (QED) is 0.480. The smallest absolute Gasteiger partial charge is 0.378 e. The van der Waals surface area contributed by atoms with Gasteiger partial charge in [-0.1, -0.05) is 12.1 Å².